The quantitative estimate of drug-likeness (QED) is 0.625. The van der Waals surface area contributed by atoms with Crippen LogP contribution in [0.3, 0.4) is 0 Å². The maximum Gasteiger partial charge on any atom is 0.306 e. The van der Waals surface area contributed by atoms with Gasteiger partial charge in [-0.3, -0.25) is 14.7 Å². The molecule has 1 N–H and O–H groups in total. The van der Waals surface area contributed by atoms with Crippen LogP contribution >= 0.6 is 0 Å². The lowest BCUT2D eigenvalue weighted by Crippen LogP contribution is -2.33. The highest BCUT2D eigenvalue weighted by Gasteiger charge is 2.12. The minimum Gasteiger partial charge on any atom is -0.469 e. The number of pyridine rings is 1. The molecular formula is C17H30N4O3. The number of carbonyl (C=O) groups excluding carboxylic acids is 1. The van der Waals surface area contributed by atoms with Gasteiger partial charge in [-0.1, -0.05) is 0 Å². The Morgan fingerprint density at radius 3 is 2.33 bits per heavy atom. The van der Waals surface area contributed by atoms with Crippen LogP contribution in [0.4, 0.5) is 5.69 Å². The second-order valence-electron chi connectivity index (χ2n) is 6.27. The third-order valence-corrected chi connectivity index (χ3v) is 3.70. The Balaban J connectivity index is 2.86. The minimum absolute atomic E-state index is 0.0888. The fourth-order valence-corrected chi connectivity index (χ4v) is 2.24. The number of aliphatic hydroxyl groups is 1. The Morgan fingerprint density at radius 2 is 1.79 bits per heavy atom. The number of aromatic nitrogens is 1. The first-order valence-corrected chi connectivity index (χ1v) is 8.07. The van der Waals surface area contributed by atoms with Crippen LogP contribution < -0.4 is 4.90 Å². The maximum atomic E-state index is 11.4. The third-order valence-electron chi connectivity index (χ3n) is 3.70. The molecule has 0 aromatic carbocycles. The number of ether oxygens (including phenoxy) is 1. The molecule has 1 rings (SSSR count). The topological polar surface area (TPSA) is 69.1 Å². The van der Waals surface area contributed by atoms with Gasteiger partial charge in [-0.25, -0.2) is 0 Å². The first kappa shape index (κ1) is 20.3. The molecule has 0 spiro atoms. The molecule has 0 saturated carbocycles. The van der Waals surface area contributed by atoms with E-state index < -0.39 is 0 Å². The number of carbonyl (C=O) groups is 1. The lowest BCUT2D eigenvalue weighted by atomic mass is 10.2. The SMILES string of the molecule is COC(=O)CCN(CCN(C)C)Cc1cc(N(C)C)cc(CO)n1. The van der Waals surface area contributed by atoms with Crippen LogP contribution in [0.2, 0.25) is 0 Å². The summed E-state index contributed by atoms with van der Waals surface area (Å²) in [6.07, 6.45) is 0.351. The van der Waals surface area contributed by atoms with Crippen molar-refractivity contribution in [1.29, 1.82) is 0 Å². The smallest absolute Gasteiger partial charge is 0.306 e. The van der Waals surface area contributed by atoms with E-state index in [9.17, 15) is 9.90 Å². The zero-order valence-corrected chi connectivity index (χ0v) is 15.4. The molecular weight excluding hydrogens is 308 g/mol. The molecule has 0 aliphatic heterocycles. The molecule has 0 amide bonds. The van der Waals surface area contributed by atoms with Crippen molar-refractivity contribution in [2.24, 2.45) is 0 Å². The molecule has 0 unspecified atom stereocenters. The Bertz CT molecular complexity index is 521. The van der Waals surface area contributed by atoms with Crippen molar-refractivity contribution in [2.45, 2.75) is 19.6 Å². The Morgan fingerprint density at radius 1 is 1.12 bits per heavy atom. The van der Waals surface area contributed by atoms with Gasteiger partial charge in [-0.05, 0) is 26.2 Å². The number of aliphatic hydroxyl groups excluding tert-OH is 1. The number of anilines is 1. The van der Waals surface area contributed by atoms with E-state index in [1.54, 1.807) is 0 Å². The first-order valence-electron chi connectivity index (χ1n) is 8.07. The normalized spacial score (nSPS) is 11.2. The molecule has 0 fully saturated rings. The summed E-state index contributed by atoms with van der Waals surface area (Å²) >= 11 is 0. The van der Waals surface area contributed by atoms with Crippen molar-refractivity contribution in [3.8, 4) is 0 Å². The molecule has 136 valence electrons. The molecule has 24 heavy (non-hydrogen) atoms. The lowest BCUT2D eigenvalue weighted by molar-refractivity contribution is -0.141. The van der Waals surface area contributed by atoms with Crippen molar-refractivity contribution in [3.63, 3.8) is 0 Å². The molecule has 0 atom stereocenters. The van der Waals surface area contributed by atoms with Gasteiger partial charge in [0, 0.05) is 46.0 Å². The van der Waals surface area contributed by atoms with E-state index in [1.165, 1.54) is 7.11 Å². The highest BCUT2D eigenvalue weighted by Crippen LogP contribution is 2.16. The van der Waals surface area contributed by atoms with Gasteiger partial charge in [0.05, 0.1) is 31.5 Å². The monoisotopic (exact) mass is 338 g/mol. The van der Waals surface area contributed by atoms with Gasteiger partial charge in [0.25, 0.3) is 0 Å². The molecule has 0 aliphatic carbocycles. The summed E-state index contributed by atoms with van der Waals surface area (Å²) in [5.74, 6) is -0.212. The van der Waals surface area contributed by atoms with Gasteiger partial charge in [0.15, 0.2) is 0 Å². The van der Waals surface area contributed by atoms with Crippen molar-refractivity contribution in [2.75, 3.05) is 59.8 Å². The van der Waals surface area contributed by atoms with Gasteiger partial charge in [0.1, 0.15) is 0 Å². The van der Waals surface area contributed by atoms with Crippen LogP contribution in [-0.2, 0) is 22.7 Å². The van der Waals surface area contributed by atoms with E-state index >= 15 is 0 Å². The molecule has 0 aliphatic rings. The largest absolute Gasteiger partial charge is 0.469 e. The average Bonchev–Trinajstić information content (AvgIpc) is 2.56. The Kier molecular flexibility index (Phi) is 8.67. The number of nitrogens with zero attached hydrogens (tertiary/aromatic N) is 4. The zero-order chi connectivity index (χ0) is 18.1. The van der Waals surface area contributed by atoms with Gasteiger partial charge >= 0.3 is 5.97 Å². The Hall–Kier alpha value is -1.70. The fourth-order valence-electron chi connectivity index (χ4n) is 2.24. The number of hydrogen-bond acceptors (Lipinski definition) is 7. The predicted molar refractivity (Wildman–Crippen MR) is 95.0 cm³/mol. The van der Waals surface area contributed by atoms with Crippen LogP contribution in [0, 0.1) is 0 Å². The summed E-state index contributed by atoms with van der Waals surface area (Å²) in [5, 5.41) is 9.42. The van der Waals surface area contributed by atoms with Gasteiger partial charge < -0.3 is 19.6 Å². The molecule has 0 bridgehead atoms. The summed E-state index contributed by atoms with van der Waals surface area (Å²) in [7, 11) is 9.37. The number of methoxy groups -OCH3 is 1. The summed E-state index contributed by atoms with van der Waals surface area (Å²) in [6.45, 7) is 2.87. The maximum absolute atomic E-state index is 11.4. The van der Waals surface area contributed by atoms with E-state index in [2.05, 4.69) is 14.8 Å². The molecule has 7 nitrogen and oxygen atoms in total. The Labute approximate surface area is 144 Å². The van der Waals surface area contributed by atoms with Gasteiger partial charge in [-0.15, -0.1) is 0 Å². The summed E-state index contributed by atoms with van der Waals surface area (Å²) < 4.78 is 4.73. The number of rotatable bonds is 10. The van der Waals surface area contributed by atoms with E-state index in [0.29, 0.717) is 25.2 Å². The van der Waals surface area contributed by atoms with E-state index in [-0.39, 0.29) is 12.6 Å². The minimum atomic E-state index is -0.212. The summed E-state index contributed by atoms with van der Waals surface area (Å²) in [5.41, 5.74) is 2.54. The van der Waals surface area contributed by atoms with Crippen LogP contribution in [0.15, 0.2) is 12.1 Å². The van der Waals surface area contributed by atoms with Crippen LogP contribution in [0.25, 0.3) is 0 Å². The second kappa shape index (κ2) is 10.2. The third kappa shape index (κ3) is 7.25. The highest BCUT2D eigenvalue weighted by atomic mass is 16.5. The zero-order valence-electron chi connectivity index (χ0n) is 15.4. The summed E-state index contributed by atoms with van der Waals surface area (Å²) in [4.78, 5) is 22.2. The van der Waals surface area contributed by atoms with Crippen LogP contribution in [0.1, 0.15) is 17.8 Å². The van der Waals surface area contributed by atoms with Crippen molar-refractivity contribution < 1.29 is 14.6 Å². The number of likely N-dealkylation sites (N-methyl/N-ethyl adjacent to an activating group) is 1. The standard InChI is InChI=1S/C17H30N4O3/c1-19(2)8-9-21(7-6-17(23)24-5)12-14-10-16(20(3)4)11-15(13-22)18-14/h10-11,22H,6-9,12-13H2,1-5H3. The molecule has 7 heteroatoms. The highest BCUT2D eigenvalue weighted by molar-refractivity contribution is 5.69. The molecule has 1 aromatic rings. The number of esters is 1. The molecule has 1 heterocycles. The van der Waals surface area contributed by atoms with Gasteiger partial charge in [-0.2, -0.15) is 0 Å². The van der Waals surface area contributed by atoms with Gasteiger partial charge in [0.2, 0.25) is 0 Å². The van der Waals surface area contributed by atoms with Crippen LogP contribution in [-0.4, -0.2) is 80.8 Å². The van der Waals surface area contributed by atoms with E-state index in [0.717, 1.165) is 24.5 Å². The fraction of sp³-hybridized carbons (Fsp3) is 0.647. The molecule has 1 aromatic heterocycles. The molecule has 0 saturated heterocycles. The second-order valence-corrected chi connectivity index (χ2v) is 6.27. The lowest BCUT2D eigenvalue weighted by Gasteiger charge is -2.24. The van der Waals surface area contributed by atoms with Crippen molar-refractivity contribution in [3.05, 3.63) is 23.5 Å². The predicted octanol–water partition coefficient (Wildman–Crippen LogP) is 0.567. The first-order chi connectivity index (χ1) is 11.3. The van der Waals surface area contributed by atoms with E-state index in [4.69, 9.17) is 4.74 Å². The van der Waals surface area contributed by atoms with E-state index in [1.807, 2.05) is 45.2 Å². The number of hydrogen-bond donors (Lipinski definition) is 1. The van der Waals surface area contributed by atoms with Crippen molar-refractivity contribution >= 4 is 11.7 Å². The average molecular weight is 338 g/mol. The summed E-state index contributed by atoms with van der Waals surface area (Å²) in [6, 6.07) is 3.89. The van der Waals surface area contributed by atoms with Crippen LogP contribution in [0.5, 0.6) is 0 Å². The van der Waals surface area contributed by atoms with Crippen molar-refractivity contribution in [1.82, 2.24) is 14.8 Å². The molecule has 0 radical (unpaired) electrons.